The lowest BCUT2D eigenvalue weighted by Crippen LogP contribution is -2.05. The van der Waals surface area contributed by atoms with Crippen molar-refractivity contribution >= 4 is 27.5 Å². The average Bonchev–Trinajstić information content (AvgIpc) is 2.93. The van der Waals surface area contributed by atoms with Gasteiger partial charge in [0.1, 0.15) is 5.82 Å². The fourth-order valence-electron chi connectivity index (χ4n) is 2.21. The zero-order valence-electron chi connectivity index (χ0n) is 11.2. The van der Waals surface area contributed by atoms with Crippen LogP contribution < -0.4 is 0 Å². The lowest BCUT2D eigenvalue weighted by Gasteiger charge is -2.09. The molecule has 3 nitrogen and oxygen atoms in total. The molecule has 0 saturated heterocycles. The maximum Gasteiger partial charge on any atom is 0.152 e. The molecule has 0 radical (unpaired) electrons. The Bertz CT molecular complexity index is 723. The minimum atomic E-state index is 0.336. The second-order valence-corrected chi connectivity index (χ2v) is 5.82. The Balaban J connectivity index is 1.99. The number of nitrogens with zero attached hydrogens (tertiary/aromatic N) is 3. The maximum absolute atomic E-state index is 5.99. The van der Waals surface area contributed by atoms with Crippen LogP contribution in [-0.4, -0.2) is 14.8 Å². The minimum absolute atomic E-state index is 0.336. The standard InChI is InChI=1S/C16H13BrClN3/c17-13-8-6-12(7-9-13)10-15-19-20-16(11-18)21(15)14-4-2-1-3-5-14/h1-9H,10-11H2. The van der Waals surface area contributed by atoms with Crippen LogP contribution in [0.2, 0.25) is 0 Å². The van der Waals surface area contributed by atoms with Gasteiger partial charge < -0.3 is 0 Å². The number of hydrogen-bond donors (Lipinski definition) is 0. The van der Waals surface area contributed by atoms with Gasteiger partial charge in [-0.05, 0) is 29.8 Å². The Labute approximate surface area is 136 Å². The van der Waals surface area contributed by atoms with Gasteiger partial charge in [-0.3, -0.25) is 4.57 Å². The van der Waals surface area contributed by atoms with Crippen LogP contribution in [0, 0.1) is 0 Å². The predicted octanol–water partition coefficient (Wildman–Crippen LogP) is 4.36. The molecule has 0 bridgehead atoms. The number of rotatable bonds is 4. The van der Waals surface area contributed by atoms with E-state index in [0.29, 0.717) is 12.3 Å². The molecule has 0 fully saturated rings. The topological polar surface area (TPSA) is 30.7 Å². The van der Waals surface area contributed by atoms with Gasteiger partial charge in [-0.25, -0.2) is 0 Å². The molecular weight excluding hydrogens is 350 g/mol. The van der Waals surface area contributed by atoms with Crippen molar-refractivity contribution in [1.29, 1.82) is 0 Å². The highest BCUT2D eigenvalue weighted by Gasteiger charge is 2.13. The van der Waals surface area contributed by atoms with Crippen LogP contribution in [-0.2, 0) is 12.3 Å². The Morgan fingerprint density at radius 2 is 1.57 bits per heavy atom. The first kappa shape index (κ1) is 14.3. The van der Waals surface area contributed by atoms with Crippen LogP contribution in [0.15, 0.2) is 59.1 Å². The molecule has 2 aromatic carbocycles. The van der Waals surface area contributed by atoms with Crippen LogP contribution in [0.4, 0.5) is 0 Å². The summed E-state index contributed by atoms with van der Waals surface area (Å²) in [6.07, 6.45) is 0.714. The van der Waals surface area contributed by atoms with E-state index >= 15 is 0 Å². The van der Waals surface area contributed by atoms with Crippen LogP contribution in [0.3, 0.4) is 0 Å². The molecule has 0 spiro atoms. The number of halogens is 2. The summed E-state index contributed by atoms with van der Waals surface area (Å²) < 4.78 is 3.09. The summed E-state index contributed by atoms with van der Waals surface area (Å²) in [7, 11) is 0. The molecule has 3 rings (SSSR count). The van der Waals surface area contributed by atoms with Gasteiger partial charge in [0.15, 0.2) is 5.82 Å². The Morgan fingerprint density at radius 3 is 2.24 bits per heavy atom. The third-order valence-corrected chi connectivity index (χ3v) is 3.97. The second kappa shape index (κ2) is 6.41. The lowest BCUT2D eigenvalue weighted by atomic mass is 10.1. The van der Waals surface area contributed by atoms with Gasteiger partial charge in [-0.2, -0.15) is 0 Å². The van der Waals surface area contributed by atoms with E-state index in [1.165, 1.54) is 5.56 Å². The van der Waals surface area contributed by atoms with Crippen molar-refractivity contribution in [3.63, 3.8) is 0 Å². The third-order valence-electron chi connectivity index (χ3n) is 3.21. The van der Waals surface area contributed by atoms with Gasteiger partial charge in [0, 0.05) is 16.6 Å². The molecule has 106 valence electrons. The molecule has 21 heavy (non-hydrogen) atoms. The molecule has 0 atom stereocenters. The third kappa shape index (κ3) is 3.17. The van der Waals surface area contributed by atoms with Crippen molar-refractivity contribution in [3.8, 4) is 5.69 Å². The maximum atomic E-state index is 5.99. The summed E-state index contributed by atoms with van der Waals surface area (Å²) in [6.45, 7) is 0. The van der Waals surface area contributed by atoms with E-state index < -0.39 is 0 Å². The van der Waals surface area contributed by atoms with Gasteiger partial charge >= 0.3 is 0 Å². The van der Waals surface area contributed by atoms with Crippen LogP contribution in [0.5, 0.6) is 0 Å². The van der Waals surface area contributed by atoms with Gasteiger partial charge in [-0.15, -0.1) is 21.8 Å². The van der Waals surface area contributed by atoms with Gasteiger partial charge in [0.05, 0.1) is 5.88 Å². The van der Waals surface area contributed by atoms with Gasteiger partial charge in [0.25, 0.3) is 0 Å². The summed E-state index contributed by atoms with van der Waals surface area (Å²) in [6, 6.07) is 18.3. The normalized spacial score (nSPS) is 10.8. The Kier molecular flexibility index (Phi) is 4.36. The minimum Gasteiger partial charge on any atom is -0.282 e. The predicted molar refractivity (Wildman–Crippen MR) is 87.9 cm³/mol. The molecule has 0 saturated carbocycles. The van der Waals surface area contributed by atoms with Crippen molar-refractivity contribution < 1.29 is 0 Å². The van der Waals surface area contributed by atoms with Crippen molar-refractivity contribution in [1.82, 2.24) is 14.8 Å². The smallest absolute Gasteiger partial charge is 0.152 e. The monoisotopic (exact) mass is 361 g/mol. The summed E-state index contributed by atoms with van der Waals surface area (Å²) in [5.74, 6) is 1.98. The SMILES string of the molecule is ClCc1nnc(Cc2ccc(Br)cc2)n1-c1ccccc1. The summed E-state index contributed by atoms with van der Waals surface area (Å²) in [4.78, 5) is 0. The van der Waals surface area contributed by atoms with E-state index in [1.807, 2.05) is 47.0 Å². The highest BCUT2D eigenvalue weighted by atomic mass is 79.9. The van der Waals surface area contributed by atoms with Gasteiger partial charge in [-0.1, -0.05) is 46.3 Å². The van der Waals surface area contributed by atoms with E-state index in [2.05, 4.69) is 38.3 Å². The molecule has 1 heterocycles. The molecule has 0 amide bonds. The van der Waals surface area contributed by atoms with Crippen LogP contribution >= 0.6 is 27.5 Å². The van der Waals surface area contributed by atoms with Crippen molar-refractivity contribution in [2.45, 2.75) is 12.3 Å². The molecule has 0 aliphatic heterocycles. The molecule has 5 heteroatoms. The van der Waals surface area contributed by atoms with E-state index in [0.717, 1.165) is 21.8 Å². The number of hydrogen-bond acceptors (Lipinski definition) is 2. The first-order valence-corrected chi connectivity index (χ1v) is 7.89. The van der Waals surface area contributed by atoms with E-state index in [4.69, 9.17) is 11.6 Å². The number of alkyl halides is 1. The highest BCUT2D eigenvalue weighted by Crippen LogP contribution is 2.18. The molecule has 1 aromatic heterocycles. The first-order valence-electron chi connectivity index (χ1n) is 6.57. The lowest BCUT2D eigenvalue weighted by molar-refractivity contribution is 0.886. The fraction of sp³-hybridized carbons (Fsp3) is 0.125. The van der Waals surface area contributed by atoms with Crippen molar-refractivity contribution in [2.24, 2.45) is 0 Å². The van der Waals surface area contributed by atoms with Crippen LogP contribution in [0.1, 0.15) is 17.2 Å². The zero-order chi connectivity index (χ0) is 14.7. The first-order chi connectivity index (χ1) is 10.3. The van der Waals surface area contributed by atoms with E-state index in [1.54, 1.807) is 0 Å². The van der Waals surface area contributed by atoms with Gasteiger partial charge in [0.2, 0.25) is 0 Å². The molecular formula is C16H13BrClN3. The molecule has 0 aliphatic carbocycles. The molecule has 0 unspecified atom stereocenters. The number of benzene rings is 2. The average molecular weight is 363 g/mol. The summed E-state index contributed by atoms with van der Waals surface area (Å²) in [5, 5.41) is 8.49. The zero-order valence-corrected chi connectivity index (χ0v) is 13.5. The quantitative estimate of drug-likeness (QED) is 0.646. The second-order valence-electron chi connectivity index (χ2n) is 4.64. The Hall–Kier alpha value is -1.65. The fourth-order valence-corrected chi connectivity index (χ4v) is 2.65. The molecule has 0 N–H and O–H groups in total. The Morgan fingerprint density at radius 1 is 0.905 bits per heavy atom. The number of aromatic nitrogens is 3. The molecule has 0 aliphatic rings. The highest BCUT2D eigenvalue weighted by molar-refractivity contribution is 9.10. The number of para-hydroxylation sites is 1. The van der Waals surface area contributed by atoms with Crippen molar-refractivity contribution in [2.75, 3.05) is 0 Å². The van der Waals surface area contributed by atoms with E-state index in [9.17, 15) is 0 Å². The van der Waals surface area contributed by atoms with Crippen molar-refractivity contribution in [3.05, 3.63) is 76.3 Å². The molecule has 3 aromatic rings. The van der Waals surface area contributed by atoms with E-state index in [-0.39, 0.29) is 0 Å². The van der Waals surface area contributed by atoms with Crippen LogP contribution in [0.25, 0.3) is 5.69 Å². The summed E-state index contributed by atoms with van der Waals surface area (Å²) >= 11 is 9.44. The summed E-state index contributed by atoms with van der Waals surface area (Å²) in [5.41, 5.74) is 2.22. The largest absolute Gasteiger partial charge is 0.282 e.